The van der Waals surface area contributed by atoms with Crippen LogP contribution in [0.5, 0.6) is 0 Å². The van der Waals surface area contributed by atoms with Crippen molar-refractivity contribution in [3.63, 3.8) is 0 Å². The summed E-state index contributed by atoms with van der Waals surface area (Å²) in [6.45, 7) is 8.90. The average molecular weight is 681 g/mol. The Kier molecular flexibility index (Phi) is 35.5. The van der Waals surface area contributed by atoms with E-state index in [1.54, 1.807) is 0 Å². The molecule has 0 fully saturated rings. The Balaban J connectivity index is 4.31. The number of carbonyl (C=O) groups is 3. The summed E-state index contributed by atoms with van der Waals surface area (Å²) in [5.74, 6) is -0.0744. The van der Waals surface area contributed by atoms with Gasteiger partial charge < -0.3 is 14.2 Å². The van der Waals surface area contributed by atoms with Crippen molar-refractivity contribution in [2.75, 3.05) is 13.2 Å². The van der Waals surface area contributed by atoms with E-state index in [0.717, 1.165) is 63.7 Å². The minimum absolute atomic E-state index is 0.0651. The quantitative estimate of drug-likeness (QED) is 0.0369. The summed E-state index contributed by atoms with van der Waals surface area (Å²) in [5.41, 5.74) is 0. The fourth-order valence-corrected chi connectivity index (χ4v) is 6.10. The molecule has 6 heteroatoms. The molecule has 0 aromatic carbocycles. The molecule has 0 radical (unpaired) electrons. The molecule has 0 aliphatic carbocycles. The van der Waals surface area contributed by atoms with Gasteiger partial charge in [-0.2, -0.15) is 0 Å². The van der Waals surface area contributed by atoms with Crippen LogP contribution in [0, 0.1) is 5.92 Å². The van der Waals surface area contributed by atoms with Crippen molar-refractivity contribution in [2.45, 2.75) is 233 Å². The third kappa shape index (κ3) is 35.7. The lowest BCUT2D eigenvalue weighted by Crippen LogP contribution is -2.30. The molecular formula is C42H80O6. The highest BCUT2D eigenvalue weighted by atomic mass is 16.6. The van der Waals surface area contributed by atoms with Crippen LogP contribution in [0.15, 0.2) is 0 Å². The van der Waals surface area contributed by atoms with Gasteiger partial charge in [-0.05, 0) is 25.2 Å². The first kappa shape index (κ1) is 46.4. The predicted molar refractivity (Wildman–Crippen MR) is 201 cm³/mol. The van der Waals surface area contributed by atoms with E-state index in [4.69, 9.17) is 14.2 Å². The van der Waals surface area contributed by atoms with Crippen LogP contribution in [-0.2, 0) is 28.6 Å². The van der Waals surface area contributed by atoms with Crippen molar-refractivity contribution >= 4 is 17.9 Å². The Hall–Kier alpha value is -1.59. The minimum Gasteiger partial charge on any atom is -0.462 e. The molecule has 284 valence electrons. The van der Waals surface area contributed by atoms with Crippen molar-refractivity contribution in [1.82, 2.24) is 0 Å². The molecule has 0 aromatic rings. The van der Waals surface area contributed by atoms with Gasteiger partial charge in [0.25, 0.3) is 0 Å². The van der Waals surface area contributed by atoms with Crippen LogP contribution in [0.4, 0.5) is 0 Å². The minimum atomic E-state index is -0.757. The fraction of sp³-hybridized carbons (Fsp3) is 0.929. The molecule has 0 saturated carbocycles. The van der Waals surface area contributed by atoms with E-state index in [1.807, 2.05) is 0 Å². The summed E-state index contributed by atoms with van der Waals surface area (Å²) in [7, 11) is 0. The highest BCUT2D eigenvalue weighted by Gasteiger charge is 2.19. The number of unbranched alkanes of at least 4 members (excludes halogenated alkanes) is 24. The van der Waals surface area contributed by atoms with Crippen molar-refractivity contribution in [3.05, 3.63) is 0 Å². The van der Waals surface area contributed by atoms with Crippen molar-refractivity contribution < 1.29 is 28.6 Å². The first-order valence-corrected chi connectivity index (χ1v) is 20.9. The first-order chi connectivity index (χ1) is 23.4. The summed E-state index contributed by atoms with van der Waals surface area (Å²) in [6.07, 6.45) is 33.8. The Morgan fingerprint density at radius 2 is 0.688 bits per heavy atom. The largest absolute Gasteiger partial charge is 0.462 e. The Bertz CT molecular complexity index is 721. The Labute approximate surface area is 298 Å². The van der Waals surface area contributed by atoms with Gasteiger partial charge in [0.2, 0.25) is 0 Å². The lowest BCUT2D eigenvalue weighted by Gasteiger charge is -2.18. The number of hydrogen-bond acceptors (Lipinski definition) is 6. The van der Waals surface area contributed by atoms with Crippen molar-refractivity contribution in [2.24, 2.45) is 5.92 Å². The molecule has 0 aliphatic heterocycles. The molecule has 0 saturated heterocycles. The summed E-state index contributed by atoms with van der Waals surface area (Å²) in [5, 5.41) is 0. The second-order valence-corrected chi connectivity index (χ2v) is 14.7. The zero-order chi connectivity index (χ0) is 35.3. The van der Waals surface area contributed by atoms with Gasteiger partial charge >= 0.3 is 17.9 Å². The van der Waals surface area contributed by atoms with Crippen LogP contribution in [0.2, 0.25) is 0 Å². The molecule has 1 atom stereocenters. The second kappa shape index (κ2) is 36.7. The van der Waals surface area contributed by atoms with Crippen LogP contribution >= 0.6 is 0 Å². The van der Waals surface area contributed by atoms with Crippen LogP contribution < -0.4 is 0 Å². The van der Waals surface area contributed by atoms with Gasteiger partial charge in [-0.25, -0.2) is 0 Å². The van der Waals surface area contributed by atoms with Gasteiger partial charge in [0.1, 0.15) is 13.2 Å². The maximum atomic E-state index is 12.6. The number of rotatable bonds is 37. The molecule has 0 rings (SSSR count). The van der Waals surface area contributed by atoms with Crippen LogP contribution in [0.3, 0.4) is 0 Å². The van der Waals surface area contributed by atoms with Gasteiger partial charge in [-0.3, -0.25) is 14.4 Å². The van der Waals surface area contributed by atoms with E-state index in [9.17, 15) is 14.4 Å². The number of carbonyl (C=O) groups excluding carboxylic acids is 3. The molecule has 0 bridgehead atoms. The van der Waals surface area contributed by atoms with Gasteiger partial charge in [0.05, 0.1) is 0 Å². The van der Waals surface area contributed by atoms with E-state index < -0.39 is 6.10 Å². The molecule has 0 amide bonds. The van der Waals surface area contributed by atoms with Crippen LogP contribution in [-0.4, -0.2) is 37.2 Å². The number of hydrogen-bond donors (Lipinski definition) is 0. The molecule has 0 N–H and O–H groups in total. The van der Waals surface area contributed by atoms with Gasteiger partial charge in [-0.1, -0.05) is 188 Å². The normalized spacial score (nSPS) is 11.9. The van der Waals surface area contributed by atoms with Gasteiger partial charge in [0.15, 0.2) is 6.10 Å². The molecule has 0 aromatic heterocycles. The smallest absolute Gasteiger partial charge is 0.306 e. The lowest BCUT2D eigenvalue weighted by molar-refractivity contribution is -0.167. The second-order valence-electron chi connectivity index (χ2n) is 14.7. The summed E-state index contributed by atoms with van der Waals surface area (Å²) >= 11 is 0. The van der Waals surface area contributed by atoms with E-state index in [-0.39, 0.29) is 31.1 Å². The molecular weight excluding hydrogens is 600 g/mol. The standard InChI is InChI=1S/C42H80O6/c1-5-7-9-11-13-14-15-16-17-22-26-30-34-41(44)47-37-39(36-46-40(43)33-29-25-20-12-10-8-6-2)48-42(45)35-31-27-23-19-18-21-24-28-32-38(3)4/h38-39H,5-37H2,1-4H3/t39-/m0/s1. The average Bonchev–Trinajstić information content (AvgIpc) is 3.06. The summed E-state index contributed by atoms with van der Waals surface area (Å²) in [4.78, 5) is 37.4. The van der Waals surface area contributed by atoms with Gasteiger partial charge in [-0.15, -0.1) is 0 Å². The number of ether oxygens (including phenoxy) is 3. The predicted octanol–water partition coefficient (Wildman–Crippen LogP) is 12.8. The third-order valence-electron chi connectivity index (χ3n) is 9.29. The Morgan fingerprint density at radius 1 is 0.396 bits per heavy atom. The summed E-state index contributed by atoms with van der Waals surface area (Å²) in [6, 6.07) is 0. The zero-order valence-corrected chi connectivity index (χ0v) is 32.4. The SMILES string of the molecule is CCCCCCCCCCCCCCC(=O)OC[C@H](COC(=O)CCCCCCCCC)OC(=O)CCCCCCCCCCC(C)C. The monoisotopic (exact) mass is 681 g/mol. The van der Waals surface area contributed by atoms with Crippen LogP contribution in [0.25, 0.3) is 0 Å². The van der Waals surface area contributed by atoms with E-state index in [2.05, 4.69) is 27.7 Å². The molecule has 0 aliphatic rings. The molecule has 0 spiro atoms. The lowest BCUT2D eigenvalue weighted by atomic mass is 10.0. The van der Waals surface area contributed by atoms with Gasteiger partial charge in [0, 0.05) is 19.3 Å². The first-order valence-electron chi connectivity index (χ1n) is 20.9. The maximum Gasteiger partial charge on any atom is 0.306 e. The van der Waals surface area contributed by atoms with Crippen LogP contribution in [0.1, 0.15) is 227 Å². The molecule has 48 heavy (non-hydrogen) atoms. The molecule has 0 unspecified atom stereocenters. The van der Waals surface area contributed by atoms with Crippen molar-refractivity contribution in [1.29, 1.82) is 0 Å². The van der Waals surface area contributed by atoms with E-state index in [1.165, 1.54) is 122 Å². The van der Waals surface area contributed by atoms with Crippen molar-refractivity contribution in [3.8, 4) is 0 Å². The molecule has 0 heterocycles. The summed E-state index contributed by atoms with van der Waals surface area (Å²) < 4.78 is 16.6. The van der Waals surface area contributed by atoms with E-state index in [0.29, 0.717) is 19.3 Å². The Morgan fingerprint density at radius 3 is 1.02 bits per heavy atom. The topological polar surface area (TPSA) is 78.9 Å². The van der Waals surface area contributed by atoms with E-state index >= 15 is 0 Å². The third-order valence-corrected chi connectivity index (χ3v) is 9.29. The highest BCUT2D eigenvalue weighted by molar-refractivity contribution is 5.71. The number of esters is 3. The fourth-order valence-electron chi connectivity index (χ4n) is 6.10. The highest BCUT2D eigenvalue weighted by Crippen LogP contribution is 2.15. The maximum absolute atomic E-state index is 12.6. The zero-order valence-electron chi connectivity index (χ0n) is 32.4. The molecule has 6 nitrogen and oxygen atoms in total.